The predicted molar refractivity (Wildman–Crippen MR) is 80.1 cm³/mol. The molecule has 0 aromatic carbocycles. The van der Waals surface area contributed by atoms with Crippen molar-refractivity contribution in [1.29, 1.82) is 0 Å². The van der Waals surface area contributed by atoms with Gasteiger partial charge in [-0.3, -0.25) is 0 Å². The number of nitrogens with two attached hydrogens (primary N) is 1. The van der Waals surface area contributed by atoms with E-state index in [1.807, 2.05) is 0 Å². The van der Waals surface area contributed by atoms with Gasteiger partial charge in [-0.15, -0.1) is 0 Å². The van der Waals surface area contributed by atoms with Crippen LogP contribution < -0.4 is 11.1 Å². The zero-order valence-corrected chi connectivity index (χ0v) is 12.8. The number of rotatable bonds is 5. The van der Waals surface area contributed by atoms with Gasteiger partial charge in [-0.25, -0.2) is 0 Å². The zero-order chi connectivity index (χ0) is 13.8. The first-order valence-electron chi connectivity index (χ1n) is 8.06. The molecule has 1 heterocycles. The molecule has 1 saturated carbocycles. The molecule has 0 spiro atoms. The first-order chi connectivity index (χ1) is 9.08. The van der Waals surface area contributed by atoms with Crippen molar-refractivity contribution >= 4 is 0 Å². The maximum atomic E-state index is 6.08. The number of hydrogen-bond acceptors (Lipinski definition) is 3. The molecule has 1 aliphatic heterocycles. The molecular formula is C16H32N2O. The Kier molecular flexibility index (Phi) is 5.27. The lowest BCUT2D eigenvalue weighted by atomic mass is 9.70. The van der Waals surface area contributed by atoms with Gasteiger partial charge in [0.15, 0.2) is 0 Å². The van der Waals surface area contributed by atoms with Crippen LogP contribution in [0.4, 0.5) is 0 Å². The molecule has 3 heteroatoms. The second-order valence-electron chi connectivity index (χ2n) is 7.41. The molecule has 112 valence electrons. The summed E-state index contributed by atoms with van der Waals surface area (Å²) in [7, 11) is 0. The lowest BCUT2D eigenvalue weighted by Crippen LogP contribution is -2.46. The largest absolute Gasteiger partial charge is 0.381 e. The Hall–Kier alpha value is -0.120. The molecule has 0 aromatic heterocycles. The molecular weight excluding hydrogens is 236 g/mol. The Morgan fingerprint density at radius 3 is 2.32 bits per heavy atom. The Bertz CT molecular complexity index is 266. The van der Waals surface area contributed by atoms with Gasteiger partial charge in [0.05, 0.1) is 0 Å². The zero-order valence-electron chi connectivity index (χ0n) is 12.8. The van der Waals surface area contributed by atoms with E-state index in [0.717, 1.165) is 38.8 Å². The smallest absolute Gasteiger partial charge is 0.0471 e. The highest BCUT2D eigenvalue weighted by atomic mass is 16.5. The molecule has 0 aromatic rings. The molecule has 3 nitrogen and oxygen atoms in total. The van der Waals surface area contributed by atoms with Crippen molar-refractivity contribution < 1.29 is 4.74 Å². The number of nitrogens with one attached hydrogen (secondary N) is 1. The minimum atomic E-state index is 0.369. The van der Waals surface area contributed by atoms with Gasteiger partial charge in [-0.2, -0.15) is 0 Å². The quantitative estimate of drug-likeness (QED) is 0.805. The molecule has 0 bridgehead atoms. The van der Waals surface area contributed by atoms with E-state index in [1.165, 1.54) is 38.5 Å². The average Bonchev–Trinajstić information content (AvgIpc) is 2.42. The van der Waals surface area contributed by atoms with E-state index in [1.54, 1.807) is 0 Å². The molecule has 19 heavy (non-hydrogen) atoms. The van der Waals surface area contributed by atoms with Gasteiger partial charge < -0.3 is 15.8 Å². The van der Waals surface area contributed by atoms with Crippen LogP contribution in [0, 0.1) is 16.7 Å². The maximum absolute atomic E-state index is 6.08. The van der Waals surface area contributed by atoms with Crippen molar-refractivity contribution in [2.45, 2.75) is 52.4 Å². The first-order valence-corrected chi connectivity index (χ1v) is 8.06. The highest BCUT2D eigenvalue weighted by Gasteiger charge is 2.34. The van der Waals surface area contributed by atoms with E-state index in [2.05, 4.69) is 19.2 Å². The summed E-state index contributed by atoms with van der Waals surface area (Å²) in [5.74, 6) is 0.896. The van der Waals surface area contributed by atoms with Crippen molar-refractivity contribution in [3.63, 3.8) is 0 Å². The summed E-state index contributed by atoms with van der Waals surface area (Å²) in [5.41, 5.74) is 6.87. The molecule has 1 saturated heterocycles. The lowest BCUT2D eigenvalue weighted by Gasteiger charge is -2.40. The number of ether oxygens (including phenoxy) is 1. The normalized spacial score (nSPS) is 35.2. The highest BCUT2D eigenvalue weighted by molar-refractivity contribution is 4.89. The third kappa shape index (κ3) is 4.17. The van der Waals surface area contributed by atoms with E-state index >= 15 is 0 Å². The molecule has 0 amide bonds. The molecule has 2 aliphatic rings. The molecule has 0 atom stereocenters. The maximum Gasteiger partial charge on any atom is 0.0471 e. The third-order valence-corrected chi connectivity index (χ3v) is 5.52. The summed E-state index contributed by atoms with van der Waals surface area (Å²) < 4.78 is 5.47. The van der Waals surface area contributed by atoms with Gasteiger partial charge in [0.25, 0.3) is 0 Å². The van der Waals surface area contributed by atoms with E-state index in [9.17, 15) is 0 Å². The number of hydrogen-bond donors (Lipinski definition) is 2. The second-order valence-corrected chi connectivity index (χ2v) is 7.41. The van der Waals surface area contributed by atoms with Crippen LogP contribution in [0.25, 0.3) is 0 Å². The van der Waals surface area contributed by atoms with Crippen LogP contribution in [0.15, 0.2) is 0 Å². The molecule has 2 rings (SSSR count). The van der Waals surface area contributed by atoms with Crippen molar-refractivity contribution in [2.24, 2.45) is 22.5 Å². The van der Waals surface area contributed by atoms with Crippen LogP contribution >= 0.6 is 0 Å². The van der Waals surface area contributed by atoms with Crippen LogP contribution in [-0.2, 0) is 4.74 Å². The van der Waals surface area contributed by atoms with Crippen molar-refractivity contribution in [3.05, 3.63) is 0 Å². The van der Waals surface area contributed by atoms with E-state index in [-0.39, 0.29) is 0 Å². The molecule has 1 aliphatic carbocycles. The first kappa shape index (κ1) is 15.3. The van der Waals surface area contributed by atoms with Gasteiger partial charge in [-0.1, -0.05) is 26.7 Å². The SMILES string of the molecule is CC1CCC(CN)(CNCC2(C)CCOCC2)CC1. The summed E-state index contributed by atoms with van der Waals surface area (Å²) in [6.07, 6.45) is 7.68. The molecule has 0 unspecified atom stereocenters. The molecule has 0 radical (unpaired) electrons. The van der Waals surface area contributed by atoms with Crippen LogP contribution in [-0.4, -0.2) is 32.8 Å². The summed E-state index contributed by atoms with van der Waals surface area (Å²) in [4.78, 5) is 0. The summed E-state index contributed by atoms with van der Waals surface area (Å²) in [5, 5.41) is 3.74. The lowest BCUT2D eigenvalue weighted by molar-refractivity contribution is 0.0220. The standard InChI is InChI=1S/C16H32N2O/c1-14-3-5-16(11-17,6-4-14)13-18-12-15(2)7-9-19-10-8-15/h14,18H,3-13,17H2,1-2H3. The molecule has 2 fully saturated rings. The van der Waals surface area contributed by atoms with Gasteiger partial charge in [0, 0.05) is 26.3 Å². The third-order valence-electron chi connectivity index (χ3n) is 5.52. The van der Waals surface area contributed by atoms with Gasteiger partial charge in [0.1, 0.15) is 0 Å². The van der Waals surface area contributed by atoms with E-state index in [0.29, 0.717) is 10.8 Å². The Labute approximate surface area is 118 Å². The molecule has 3 N–H and O–H groups in total. The Morgan fingerprint density at radius 2 is 1.74 bits per heavy atom. The van der Waals surface area contributed by atoms with Crippen LogP contribution in [0.3, 0.4) is 0 Å². The van der Waals surface area contributed by atoms with Crippen LogP contribution in [0.2, 0.25) is 0 Å². The Morgan fingerprint density at radius 1 is 1.11 bits per heavy atom. The summed E-state index contributed by atoms with van der Waals surface area (Å²) >= 11 is 0. The average molecular weight is 268 g/mol. The second kappa shape index (κ2) is 6.55. The van der Waals surface area contributed by atoms with Gasteiger partial charge in [-0.05, 0) is 49.0 Å². The van der Waals surface area contributed by atoms with E-state index in [4.69, 9.17) is 10.5 Å². The topological polar surface area (TPSA) is 47.3 Å². The highest BCUT2D eigenvalue weighted by Crippen LogP contribution is 2.38. The van der Waals surface area contributed by atoms with Crippen molar-refractivity contribution in [1.82, 2.24) is 5.32 Å². The van der Waals surface area contributed by atoms with Crippen LogP contribution in [0.5, 0.6) is 0 Å². The minimum absolute atomic E-state index is 0.369. The van der Waals surface area contributed by atoms with E-state index < -0.39 is 0 Å². The van der Waals surface area contributed by atoms with Crippen LogP contribution in [0.1, 0.15) is 52.4 Å². The Balaban J connectivity index is 1.76. The van der Waals surface area contributed by atoms with Gasteiger partial charge >= 0.3 is 0 Å². The summed E-state index contributed by atoms with van der Waals surface area (Å²) in [6, 6.07) is 0. The van der Waals surface area contributed by atoms with Crippen molar-refractivity contribution in [3.8, 4) is 0 Å². The minimum Gasteiger partial charge on any atom is -0.381 e. The summed E-state index contributed by atoms with van der Waals surface area (Å²) in [6.45, 7) is 9.68. The monoisotopic (exact) mass is 268 g/mol. The van der Waals surface area contributed by atoms with Gasteiger partial charge in [0.2, 0.25) is 0 Å². The fourth-order valence-corrected chi connectivity index (χ4v) is 3.50. The fraction of sp³-hybridized carbons (Fsp3) is 1.00. The predicted octanol–water partition coefficient (Wildman–Crippen LogP) is 2.55. The van der Waals surface area contributed by atoms with Crippen molar-refractivity contribution in [2.75, 3.05) is 32.8 Å². The fourth-order valence-electron chi connectivity index (χ4n) is 3.50.